The van der Waals surface area contributed by atoms with Crippen molar-refractivity contribution >= 4 is 5.78 Å². The van der Waals surface area contributed by atoms with Crippen molar-refractivity contribution < 1.29 is 18.8 Å². The van der Waals surface area contributed by atoms with Crippen molar-refractivity contribution in [2.45, 2.75) is 56.5 Å². The lowest BCUT2D eigenvalue weighted by Gasteiger charge is -2.27. The molecule has 6 nitrogen and oxygen atoms in total. The van der Waals surface area contributed by atoms with Crippen LogP contribution < -0.4 is 0 Å². The predicted molar refractivity (Wildman–Crippen MR) is 73.9 cm³/mol. The molecule has 1 aliphatic heterocycles. The third kappa shape index (κ3) is 2.87. The standard InChI is InChI=1S/C15H22N2O4/c1-19-15(7-4-2-3-5-8-15)14-16-13(21-17-14)11-10-20-9-6-12(11)18/h11H,2-10H2,1H3. The first-order valence-electron chi connectivity index (χ1n) is 7.75. The number of ketones is 1. The molecular weight excluding hydrogens is 272 g/mol. The number of methoxy groups -OCH3 is 1. The second-order valence-electron chi connectivity index (χ2n) is 5.91. The van der Waals surface area contributed by atoms with Crippen LogP contribution in [-0.4, -0.2) is 36.2 Å². The quantitative estimate of drug-likeness (QED) is 0.797. The third-order valence-corrected chi connectivity index (χ3v) is 4.62. The topological polar surface area (TPSA) is 74.5 Å². The van der Waals surface area contributed by atoms with Crippen molar-refractivity contribution in [1.82, 2.24) is 10.1 Å². The van der Waals surface area contributed by atoms with E-state index in [9.17, 15) is 4.79 Å². The highest BCUT2D eigenvalue weighted by molar-refractivity contribution is 5.85. The van der Waals surface area contributed by atoms with Gasteiger partial charge >= 0.3 is 0 Å². The average Bonchev–Trinajstić information content (AvgIpc) is 2.87. The number of rotatable bonds is 3. The minimum Gasteiger partial charge on any atom is -0.380 e. The molecule has 2 fully saturated rings. The maximum absolute atomic E-state index is 11.9. The van der Waals surface area contributed by atoms with Crippen molar-refractivity contribution in [2.75, 3.05) is 20.3 Å². The molecule has 1 aromatic rings. The molecule has 1 aromatic heterocycles. The van der Waals surface area contributed by atoms with Crippen LogP contribution in [0.15, 0.2) is 4.52 Å². The van der Waals surface area contributed by atoms with Gasteiger partial charge in [-0.05, 0) is 12.8 Å². The summed E-state index contributed by atoms with van der Waals surface area (Å²) in [4.78, 5) is 16.4. The van der Waals surface area contributed by atoms with E-state index in [0.717, 1.165) is 25.7 Å². The molecular formula is C15H22N2O4. The second-order valence-corrected chi connectivity index (χ2v) is 5.91. The van der Waals surface area contributed by atoms with E-state index in [1.807, 2.05) is 0 Å². The Morgan fingerprint density at radius 2 is 2.00 bits per heavy atom. The summed E-state index contributed by atoms with van der Waals surface area (Å²) >= 11 is 0. The van der Waals surface area contributed by atoms with Gasteiger partial charge in [-0.25, -0.2) is 0 Å². The number of nitrogens with zero attached hydrogens (tertiary/aromatic N) is 2. The number of Topliss-reactive ketones (excluding diaryl/α,β-unsaturated/α-hetero) is 1. The molecule has 1 saturated carbocycles. The van der Waals surface area contributed by atoms with Gasteiger partial charge in [0.15, 0.2) is 0 Å². The van der Waals surface area contributed by atoms with E-state index in [1.54, 1.807) is 7.11 Å². The summed E-state index contributed by atoms with van der Waals surface area (Å²) in [7, 11) is 1.70. The monoisotopic (exact) mass is 294 g/mol. The fourth-order valence-electron chi connectivity index (χ4n) is 3.23. The Kier molecular flexibility index (Phi) is 4.35. The highest BCUT2D eigenvalue weighted by Gasteiger charge is 2.39. The summed E-state index contributed by atoms with van der Waals surface area (Å²) < 4.78 is 16.5. The molecule has 2 aliphatic rings. The maximum Gasteiger partial charge on any atom is 0.239 e. The number of carbonyl (C=O) groups is 1. The zero-order chi connectivity index (χ0) is 14.7. The van der Waals surface area contributed by atoms with Gasteiger partial charge in [-0.15, -0.1) is 0 Å². The Hall–Kier alpha value is -1.27. The summed E-state index contributed by atoms with van der Waals surface area (Å²) in [5.74, 6) is 0.652. The molecule has 1 saturated heterocycles. The maximum atomic E-state index is 11.9. The average molecular weight is 294 g/mol. The first kappa shape index (κ1) is 14.7. The van der Waals surface area contributed by atoms with E-state index in [2.05, 4.69) is 10.1 Å². The third-order valence-electron chi connectivity index (χ3n) is 4.62. The van der Waals surface area contributed by atoms with Gasteiger partial charge in [0.25, 0.3) is 0 Å². The van der Waals surface area contributed by atoms with Crippen LogP contribution in [0.25, 0.3) is 0 Å². The van der Waals surface area contributed by atoms with E-state index in [1.165, 1.54) is 12.8 Å². The van der Waals surface area contributed by atoms with E-state index >= 15 is 0 Å². The molecule has 1 atom stereocenters. The Morgan fingerprint density at radius 3 is 2.67 bits per heavy atom. The molecule has 2 heterocycles. The van der Waals surface area contributed by atoms with Gasteiger partial charge in [-0.2, -0.15) is 4.98 Å². The van der Waals surface area contributed by atoms with Gasteiger partial charge in [0.2, 0.25) is 11.7 Å². The molecule has 21 heavy (non-hydrogen) atoms. The van der Waals surface area contributed by atoms with Crippen LogP contribution in [0.4, 0.5) is 0 Å². The molecule has 116 valence electrons. The van der Waals surface area contributed by atoms with Gasteiger partial charge < -0.3 is 14.0 Å². The molecule has 0 amide bonds. The lowest BCUT2D eigenvalue weighted by atomic mass is 9.93. The molecule has 3 rings (SSSR count). The lowest BCUT2D eigenvalue weighted by molar-refractivity contribution is -0.127. The second kappa shape index (κ2) is 6.23. The van der Waals surface area contributed by atoms with Crippen molar-refractivity contribution in [3.63, 3.8) is 0 Å². The summed E-state index contributed by atoms with van der Waals surface area (Å²) in [6, 6.07) is 0. The van der Waals surface area contributed by atoms with Gasteiger partial charge in [-0.3, -0.25) is 4.79 Å². The first-order chi connectivity index (χ1) is 10.2. The Balaban J connectivity index is 1.83. The van der Waals surface area contributed by atoms with Gasteiger partial charge in [0.05, 0.1) is 13.2 Å². The van der Waals surface area contributed by atoms with Crippen LogP contribution in [0, 0.1) is 0 Å². The largest absolute Gasteiger partial charge is 0.380 e. The molecule has 6 heteroatoms. The molecule has 0 N–H and O–H groups in total. The van der Waals surface area contributed by atoms with E-state index in [0.29, 0.717) is 31.3 Å². The fraction of sp³-hybridized carbons (Fsp3) is 0.800. The molecule has 0 radical (unpaired) electrons. The summed E-state index contributed by atoms with van der Waals surface area (Å²) in [5, 5.41) is 4.12. The van der Waals surface area contributed by atoms with Crippen molar-refractivity contribution in [3.05, 3.63) is 11.7 Å². The predicted octanol–water partition coefficient (Wildman–Crippen LogP) is 2.34. The normalized spacial score (nSPS) is 26.5. The Bertz CT molecular complexity index is 492. The number of ether oxygens (including phenoxy) is 2. The van der Waals surface area contributed by atoms with Gasteiger partial charge in [0, 0.05) is 13.5 Å². The fourth-order valence-corrected chi connectivity index (χ4v) is 3.23. The zero-order valence-electron chi connectivity index (χ0n) is 12.5. The number of hydrogen-bond donors (Lipinski definition) is 0. The molecule has 1 unspecified atom stereocenters. The van der Waals surface area contributed by atoms with Crippen LogP contribution in [-0.2, 0) is 19.9 Å². The van der Waals surface area contributed by atoms with E-state index in [-0.39, 0.29) is 5.78 Å². The first-order valence-corrected chi connectivity index (χ1v) is 7.75. The molecule has 0 aromatic carbocycles. The van der Waals surface area contributed by atoms with Crippen molar-refractivity contribution in [3.8, 4) is 0 Å². The summed E-state index contributed by atoms with van der Waals surface area (Å²) in [6.07, 6.45) is 6.84. The summed E-state index contributed by atoms with van der Waals surface area (Å²) in [6.45, 7) is 0.818. The minimum atomic E-state index is -0.461. The van der Waals surface area contributed by atoms with E-state index < -0.39 is 11.5 Å². The highest BCUT2D eigenvalue weighted by Crippen LogP contribution is 2.38. The van der Waals surface area contributed by atoms with Crippen LogP contribution in [0.1, 0.15) is 62.6 Å². The van der Waals surface area contributed by atoms with Crippen LogP contribution >= 0.6 is 0 Å². The lowest BCUT2D eigenvalue weighted by Crippen LogP contribution is -2.30. The van der Waals surface area contributed by atoms with Crippen LogP contribution in [0.3, 0.4) is 0 Å². The van der Waals surface area contributed by atoms with Crippen molar-refractivity contribution in [1.29, 1.82) is 0 Å². The van der Waals surface area contributed by atoms with Crippen molar-refractivity contribution in [2.24, 2.45) is 0 Å². The highest BCUT2D eigenvalue weighted by atomic mass is 16.5. The van der Waals surface area contributed by atoms with Crippen LogP contribution in [0.5, 0.6) is 0 Å². The van der Waals surface area contributed by atoms with Crippen LogP contribution in [0.2, 0.25) is 0 Å². The number of hydrogen-bond acceptors (Lipinski definition) is 6. The van der Waals surface area contributed by atoms with Gasteiger partial charge in [0.1, 0.15) is 17.3 Å². The zero-order valence-corrected chi connectivity index (χ0v) is 12.5. The summed E-state index contributed by atoms with van der Waals surface area (Å²) in [5.41, 5.74) is -0.461. The van der Waals surface area contributed by atoms with Gasteiger partial charge in [-0.1, -0.05) is 30.8 Å². The van der Waals surface area contributed by atoms with E-state index in [4.69, 9.17) is 14.0 Å². The Labute approximate surface area is 124 Å². The molecule has 0 bridgehead atoms. The number of aromatic nitrogens is 2. The molecule has 0 spiro atoms. The smallest absolute Gasteiger partial charge is 0.239 e. The number of carbonyl (C=O) groups excluding carboxylic acids is 1. The molecule has 1 aliphatic carbocycles. The minimum absolute atomic E-state index is 0.115. The SMILES string of the molecule is COC1(c2noc(C3COCCC3=O)n2)CCCCCC1. The Morgan fingerprint density at radius 1 is 1.24 bits per heavy atom.